The Morgan fingerprint density at radius 3 is 2.48 bits per heavy atom. The molecule has 2 rings (SSSR count). The summed E-state index contributed by atoms with van der Waals surface area (Å²) in [4.78, 5) is 3.76. The minimum Gasteiger partial charge on any atom is -0.358 e. The Morgan fingerprint density at radius 2 is 1.88 bits per heavy atom. The van der Waals surface area contributed by atoms with Crippen molar-refractivity contribution in [1.82, 2.24) is 4.98 Å². The van der Waals surface area contributed by atoms with Crippen molar-refractivity contribution in [2.45, 2.75) is 12.8 Å². The number of hydrogen-bond donors (Lipinski definition) is 2. The topological polar surface area (TPSA) is 48.8 Å². The maximum atomic E-state index is 13.8. The fourth-order valence-corrected chi connectivity index (χ4v) is 2.04. The maximum Gasteiger partial charge on any atom is 0.279 e. The summed E-state index contributed by atoms with van der Waals surface area (Å²) >= 11 is 5.60. The molecule has 0 amide bonds. The van der Waals surface area contributed by atoms with E-state index in [0.29, 0.717) is 0 Å². The Hall–Kier alpha value is -2.48. The first-order valence-electron chi connectivity index (χ1n) is 6.85. The molecule has 0 radical (unpaired) electrons. The number of anilines is 1. The van der Waals surface area contributed by atoms with Gasteiger partial charge in [0.05, 0.1) is 16.4 Å². The van der Waals surface area contributed by atoms with Gasteiger partial charge in [-0.1, -0.05) is 11.6 Å². The number of hydrogen-bond acceptors (Lipinski definition) is 3. The monoisotopic (exact) mass is 375 g/mol. The van der Waals surface area contributed by atoms with Crippen LogP contribution >= 0.6 is 11.6 Å². The van der Waals surface area contributed by atoms with E-state index in [1.54, 1.807) is 0 Å². The Morgan fingerprint density at radius 1 is 1.16 bits per heavy atom. The molecule has 3 nitrogen and oxygen atoms in total. The van der Waals surface area contributed by atoms with E-state index in [4.69, 9.17) is 17.0 Å². The van der Waals surface area contributed by atoms with Gasteiger partial charge in [0.25, 0.3) is 6.43 Å². The Kier molecular flexibility index (Phi) is 6.08. The van der Waals surface area contributed by atoms with Gasteiger partial charge in [-0.15, -0.1) is 0 Å². The highest BCUT2D eigenvalue weighted by atomic mass is 35.5. The van der Waals surface area contributed by atoms with E-state index in [-0.39, 0.29) is 28.5 Å². The highest BCUT2D eigenvalue weighted by Gasteiger charge is 2.14. The lowest BCUT2D eigenvalue weighted by atomic mass is 10.1. The molecule has 132 valence electrons. The number of halogens is 6. The summed E-state index contributed by atoms with van der Waals surface area (Å²) in [6.45, 7) is 0. The van der Waals surface area contributed by atoms with Crippen LogP contribution in [-0.4, -0.2) is 17.1 Å². The van der Waals surface area contributed by atoms with E-state index < -0.39 is 29.6 Å². The molecule has 2 N–H and O–H groups in total. The van der Waals surface area contributed by atoms with Gasteiger partial charge in [0.1, 0.15) is 5.82 Å². The molecule has 0 fully saturated rings. The van der Waals surface area contributed by atoms with Crippen molar-refractivity contribution in [3.8, 4) is 0 Å². The zero-order valence-electron chi connectivity index (χ0n) is 12.5. The van der Waals surface area contributed by atoms with Crippen LogP contribution in [0.15, 0.2) is 42.2 Å². The molecule has 0 spiro atoms. The molecule has 0 aliphatic heterocycles. The highest BCUT2D eigenvalue weighted by molar-refractivity contribution is 6.30. The summed E-state index contributed by atoms with van der Waals surface area (Å²) in [7, 11) is 0. The second-order valence-electron chi connectivity index (χ2n) is 4.94. The van der Waals surface area contributed by atoms with Crippen LogP contribution in [0.25, 0.3) is 0 Å². The first-order chi connectivity index (χ1) is 11.8. The molecule has 1 aromatic carbocycles. The van der Waals surface area contributed by atoms with Crippen molar-refractivity contribution >= 4 is 23.0 Å². The van der Waals surface area contributed by atoms with Crippen LogP contribution in [0.4, 0.5) is 27.6 Å². The van der Waals surface area contributed by atoms with Crippen LogP contribution in [-0.2, 0) is 6.42 Å². The number of pyridine rings is 1. The van der Waals surface area contributed by atoms with E-state index >= 15 is 0 Å². The van der Waals surface area contributed by atoms with Gasteiger partial charge in [-0.05, 0) is 24.3 Å². The summed E-state index contributed by atoms with van der Waals surface area (Å²) in [5.74, 6) is -3.00. The third-order valence-electron chi connectivity index (χ3n) is 3.03. The van der Waals surface area contributed by atoms with E-state index in [1.165, 1.54) is 12.3 Å². The second-order valence-corrected chi connectivity index (χ2v) is 5.37. The predicted octanol–water partition coefficient (Wildman–Crippen LogP) is 4.98. The second kappa shape index (κ2) is 8.06. The lowest BCUT2D eigenvalue weighted by molar-refractivity contribution is 0.226. The molecule has 0 saturated carbocycles. The lowest BCUT2D eigenvalue weighted by Crippen LogP contribution is -2.12. The van der Waals surface area contributed by atoms with Crippen LogP contribution in [0.3, 0.4) is 0 Å². The van der Waals surface area contributed by atoms with E-state index in [2.05, 4.69) is 10.3 Å². The molecule has 9 heteroatoms. The smallest absolute Gasteiger partial charge is 0.279 e. The number of alkyl halides is 2. The average molecular weight is 376 g/mol. The van der Waals surface area contributed by atoms with Crippen LogP contribution < -0.4 is 5.32 Å². The summed E-state index contributed by atoms with van der Waals surface area (Å²) in [6, 6.07) is 3.82. The van der Waals surface area contributed by atoms with Crippen LogP contribution in [0.2, 0.25) is 5.02 Å². The van der Waals surface area contributed by atoms with Gasteiger partial charge in [-0.25, -0.2) is 22.0 Å². The van der Waals surface area contributed by atoms with Gasteiger partial charge in [0.2, 0.25) is 0 Å². The number of allylic oxidation sites excluding steroid dienone is 2. The quantitative estimate of drug-likeness (QED) is 0.553. The zero-order chi connectivity index (χ0) is 18.6. The van der Waals surface area contributed by atoms with Gasteiger partial charge in [-0.2, -0.15) is 0 Å². The van der Waals surface area contributed by atoms with Crippen LogP contribution in [0.5, 0.6) is 0 Å². The minimum absolute atomic E-state index is 0.0431. The normalized spacial score (nSPS) is 11.7. The molecule has 25 heavy (non-hydrogen) atoms. The van der Waals surface area contributed by atoms with Gasteiger partial charge in [-0.3, -0.25) is 10.4 Å². The summed E-state index contributed by atoms with van der Waals surface area (Å²) in [5.41, 5.74) is -1.15. The number of rotatable bonds is 6. The molecule has 0 atom stereocenters. The first-order valence-corrected chi connectivity index (χ1v) is 7.23. The molecule has 1 heterocycles. The van der Waals surface area contributed by atoms with Crippen molar-refractivity contribution < 1.29 is 22.0 Å². The third kappa shape index (κ3) is 5.25. The Bertz CT molecular complexity index is 823. The van der Waals surface area contributed by atoms with Gasteiger partial charge in [0, 0.05) is 30.1 Å². The molecule has 2 aromatic rings. The Labute approximate surface area is 144 Å². The lowest BCUT2D eigenvalue weighted by Gasteiger charge is -2.12. The molecule has 0 aliphatic rings. The van der Waals surface area contributed by atoms with E-state index in [1.807, 2.05) is 0 Å². The molecule has 0 saturated heterocycles. The zero-order valence-corrected chi connectivity index (χ0v) is 13.2. The van der Waals surface area contributed by atoms with Gasteiger partial charge < -0.3 is 5.32 Å². The molecule has 0 unspecified atom stereocenters. The maximum absolute atomic E-state index is 13.8. The Balaban J connectivity index is 2.32. The minimum atomic E-state index is -3.05. The van der Waals surface area contributed by atoms with Crippen LogP contribution in [0.1, 0.15) is 5.69 Å². The summed E-state index contributed by atoms with van der Waals surface area (Å²) in [5, 5.41) is 9.85. The SMILES string of the molecule is N=C(/C=C(/Cc1ncc(Cl)cc1F)Nc1ccc(F)c(F)c1)C(F)F. The van der Waals surface area contributed by atoms with Crippen molar-refractivity contribution in [1.29, 1.82) is 5.41 Å². The standard InChI is InChI=1S/C16H11ClF5N3/c17-8-3-13(20)15(24-7-8)6-10(5-14(23)16(21)22)25-9-1-2-11(18)12(19)4-9/h1-5,7,16,23,25H,6H2/b10-5-,23-14?. The summed E-state index contributed by atoms with van der Waals surface area (Å²) in [6.07, 6.45) is -1.39. The predicted molar refractivity (Wildman–Crippen MR) is 84.7 cm³/mol. The molecular formula is C16H11ClF5N3. The molecule has 0 bridgehead atoms. The van der Waals surface area contributed by atoms with Crippen molar-refractivity contribution in [3.63, 3.8) is 0 Å². The van der Waals surface area contributed by atoms with Crippen molar-refractivity contribution in [3.05, 3.63) is 70.4 Å². The number of benzene rings is 1. The van der Waals surface area contributed by atoms with Gasteiger partial charge >= 0.3 is 0 Å². The van der Waals surface area contributed by atoms with Crippen molar-refractivity contribution in [2.75, 3.05) is 5.32 Å². The average Bonchev–Trinajstić information content (AvgIpc) is 2.53. The van der Waals surface area contributed by atoms with E-state index in [9.17, 15) is 22.0 Å². The highest BCUT2D eigenvalue weighted by Crippen LogP contribution is 2.19. The fourth-order valence-electron chi connectivity index (χ4n) is 1.89. The first kappa shape index (κ1) is 18.9. The summed E-state index contributed by atoms with van der Waals surface area (Å²) < 4.78 is 65.3. The number of aromatic nitrogens is 1. The van der Waals surface area contributed by atoms with Crippen LogP contribution in [0, 0.1) is 22.9 Å². The molecular weight excluding hydrogens is 365 g/mol. The molecule has 0 aliphatic carbocycles. The fraction of sp³-hybridized carbons (Fsp3) is 0.125. The van der Waals surface area contributed by atoms with E-state index in [0.717, 1.165) is 24.3 Å². The number of nitrogens with one attached hydrogen (secondary N) is 2. The van der Waals surface area contributed by atoms with Crippen molar-refractivity contribution in [2.24, 2.45) is 0 Å². The third-order valence-corrected chi connectivity index (χ3v) is 3.24. The largest absolute Gasteiger partial charge is 0.358 e. The molecule has 1 aromatic heterocycles. The number of nitrogens with zero attached hydrogens (tertiary/aromatic N) is 1. The van der Waals surface area contributed by atoms with Gasteiger partial charge in [0.15, 0.2) is 11.6 Å².